The summed E-state index contributed by atoms with van der Waals surface area (Å²) >= 11 is 3.12. The fraction of sp³-hybridized carbons (Fsp3) is 0. The second-order valence-electron chi connectivity index (χ2n) is 5.40. The van der Waals surface area contributed by atoms with Gasteiger partial charge < -0.3 is 15.1 Å². The van der Waals surface area contributed by atoms with Crippen molar-refractivity contribution in [3.8, 4) is 6.07 Å². The molecule has 0 spiro atoms. The molecule has 0 radical (unpaired) electrons. The number of rotatable bonds is 4. The molecule has 0 aliphatic heterocycles. The van der Waals surface area contributed by atoms with Crippen molar-refractivity contribution in [1.29, 1.82) is 5.26 Å². The third-order valence-corrected chi connectivity index (χ3v) is 3.95. The predicted octanol–water partition coefficient (Wildman–Crippen LogP) is 4.56. The van der Waals surface area contributed by atoms with Crippen LogP contribution in [0.2, 0.25) is 0 Å². The first-order valence-electron chi connectivity index (χ1n) is 7.64. The number of hydrogen-bond acceptors (Lipinski definition) is 4. The molecule has 0 atom stereocenters. The Bertz CT molecular complexity index is 1070. The first kappa shape index (κ1) is 18.4. The molecule has 27 heavy (non-hydrogen) atoms. The minimum absolute atomic E-state index is 0.118. The van der Waals surface area contributed by atoms with E-state index in [0.717, 1.165) is 6.07 Å². The number of furan rings is 1. The zero-order chi connectivity index (χ0) is 19.4. The first-order chi connectivity index (χ1) is 13.0. The molecule has 3 rings (SSSR count). The Morgan fingerprint density at radius 3 is 2.44 bits per heavy atom. The van der Waals surface area contributed by atoms with Gasteiger partial charge in [0.2, 0.25) is 0 Å². The number of nitrogens with zero attached hydrogens (tertiary/aromatic N) is 1. The lowest BCUT2D eigenvalue weighted by molar-refractivity contribution is 0.0992. The number of halogens is 2. The average molecular weight is 428 g/mol. The summed E-state index contributed by atoms with van der Waals surface area (Å²) < 4.78 is 19.0. The molecule has 3 aromatic rings. The molecular formula is C19H11BrFN3O3. The molecule has 0 saturated heterocycles. The summed E-state index contributed by atoms with van der Waals surface area (Å²) in [5.74, 6) is -1.48. The molecule has 1 aromatic heterocycles. The van der Waals surface area contributed by atoms with Crippen molar-refractivity contribution in [3.05, 3.63) is 82.0 Å². The number of amides is 2. The zero-order valence-corrected chi connectivity index (χ0v) is 15.2. The van der Waals surface area contributed by atoms with E-state index in [9.17, 15) is 14.0 Å². The highest BCUT2D eigenvalue weighted by Gasteiger charge is 2.13. The monoisotopic (exact) mass is 427 g/mol. The van der Waals surface area contributed by atoms with E-state index in [4.69, 9.17) is 9.68 Å². The molecule has 0 fully saturated rings. The lowest BCUT2D eigenvalue weighted by atomic mass is 10.1. The van der Waals surface area contributed by atoms with Gasteiger partial charge >= 0.3 is 0 Å². The Balaban J connectivity index is 1.74. The predicted molar refractivity (Wildman–Crippen MR) is 99.9 cm³/mol. The van der Waals surface area contributed by atoms with Gasteiger partial charge in [-0.2, -0.15) is 5.26 Å². The maximum atomic E-state index is 13.4. The summed E-state index contributed by atoms with van der Waals surface area (Å²) in [5.41, 5.74) is 0.791. The Morgan fingerprint density at radius 2 is 1.74 bits per heavy atom. The molecule has 2 amide bonds. The van der Waals surface area contributed by atoms with E-state index in [0.29, 0.717) is 10.4 Å². The molecule has 1 heterocycles. The molecule has 8 heteroatoms. The van der Waals surface area contributed by atoms with Crippen LogP contribution in [0, 0.1) is 17.1 Å². The van der Waals surface area contributed by atoms with E-state index in [-0.39, 0.29) is 22.6 Å². The van der Waals surface area contributed by atoms with Crippen LogP contribution in [-0.4, -0.2) is 11.8 Å². The number of hydrogen-bond donors (Lipinski definition) is 2. The highest BCUT2D eigenvalue weighted by molar-refractivity contribution is 9.10. The third-order valence-electron chi connectivity index (χ3n) is 3.52. The summed E-state index contributed by atoms with van der Waals surface area (Å²) in [4.78, 5) is 24.5. The molecule has 0 unspecified atom stereocenters. The van der Waals surface area contributed by atoms with Crippen molar-refractivity contribution in [2.24, 2.45) is 0 Å². The fourth-order valence-electron chi connectivity index (χ4n) is 2.26. The average Bonchev–Trinajstić information content (AvgIpc) is 3.10. The smallest absolute Gasteiger partial charge is 0.291 e. The SMILES string of the molecule is N#Cc1cc(NC(=O)c2cccc(NC(=O)c3ccc(Br)o3)c2)ccc1F. The Labute approximate surface area is 161 Å². The van der Waals surface area contributed by atoms with Crippen molar-refractivity contribution in [2.45, 2.75) is 0 Å². The molecule has 2 N–H and O–H groups in total. The van der Waals surface area contributed by atoms with Crippen LogP contribution in [0.3, 0.4) is 0 Å². The van der Waals surface area contributed by atoms with Gasteiger partial charge in [0, 0.05) is 16.9 Å². The lowest BCUT2D eigenvalue weighted by Gasteiger charge is -2.08. The quantitative estimate of drug-likeness (QED) is 0.637. The van der Waals surface area contributed by atoms with Crippen LogP contribution in [0.25, 0.3) is 0 Å². The third kappa shape index (κ3) is 4.40. The summed E-state index contributed by atoms with van der Waals surface area (Å²) in [5, 5.41) is 14.1. The van der Waals surface area contributed by atoms with Gasteiger partial charge in [-0.15, -0.1) is 0 Å². The van der Waals surface area contributed by atoms with Gasteiger partial charge in [0.1, 0.15) is 11.9 Å². The lowest BCUT2D eigenvalue weighted by Crippen LogP contribution is -2.14. The Morgan fingerprint density at radius 1 is 1.00 bits per heavy atom. The van der Waals surface area contributed by atoms with Crippen LogP contribution in [0.1, 0.15) is 26.5 Å². The Hall–Kier alpha value is -3.44. The molecule has 6 nitrogen and oxygen atoms in total. The normalized spacial score (nSPS) is 10.1. The maximum Gasteiger partial charge on any atom is 0.291 e. The standard InChI is InChI=1S/C19H11BrFN3O3/c20-17-7-6-16(27-17)19(26)24-13-3-1-2-11(8-13)18(25)23-14-4-5-15(21)12(9-14)10-22/h1-9H,(H,23,25)(H,24,26). The van der Waals surface area contributed by atoms with Gasteiger partial charge in [0.25, 0.3) is 11.8 Å². The van der Waals surface area contributed by atoms with E-state index in [2.05, 4.69) is 26.6 Å². The first-order valence-corrected chi connectivity index (χ1v) is 8.43. The van der Waals surface area contributed by atoms with E-state index >= 15 is 0 Å². The van der Waals surface area contributed by atoms with Crippen LogP contribution in [0.15, 0.2) is 63.7 Å². The van der Waals surface area contributed by atoms with Crippen molar-refractivity contribution < 1.29 is 18.4 Å². The molecular weight excluding hydrogens is 417 g/mol. The number of carbonyl (C=O) groups is 2. The zero-order valence-electron chi connectivity index (χ0n) is 13.6. The van der Waals surface area contributed by atoms with Gasteiger partial charge in [-0.3, -0.25) is 9.59 Å². The van der Waals surface area contributed by atoms with Gasteiger partial charge in [0.05, 0.1) is 5.56 Å². The van der Waals surface area contributed by atoms with E-state index in [1.807, 2.05) is 0 Å². The Kier molecular flexibility index (Phi) is 5.33. The minimum Gasteiger partial charge on any atom is -0.444 e. The number of anilines is 2. The molecule has 0 aliphatic rings. The number of nitriles is 1. The van der Waals surface area contributed by atoms with Crippen LogP contribution in [-0.2, 0) is 0 Å². The molecule has 0 aliphatic carbocycles. The number of carbonyl (C=O) groups excluding carboxylic acids is 2. The van der Waals surface area contributed by atoms with Gasteiger partial charge in [-0.25, -0.2) is 4.39 Å². The fourth-order valence-corrected chi connectivity index (χ4v) is 2.57. The highest BCUT2D eigenvalue weighted by Crippen LogP contribution is 2.18. The summed E-state index contributed by atoms with van der Waals surface area (Å²) in [6.45, 7) is 0. The highest BCUT2D eigenvalue weighted by atomic mass is 79.9. The van der Waals surface area contributed by atoms with Crippen molar-refractivity contribution in [1.82, 2.24) is 0 Å². The molecule has 2 aromatic carbocycles. The van der Waals surface area contributed by atoms with Gasteiger partial charge in [-0.1, -0.05) is 6.07 Å². The molecule has 0 saturated carbocycles. The number of benzene rings is 2. The van der Waals surface area contributed by atoms with Crippen molar-refractivity contribution in [2.75, 3.05) is 10.6 Å². The van der Waals surface area contributed by atoms with Gasteiger partial charge in [0.15, 0.2) is 10.4 Å². The van der Waals surface area contributed by atoms with Gasteiger partial charge in [-0.05, 0) is 64.5 Å². The topological polar surface area (TPSA) is 95.1 Å². The van der Waals surface area contributed by atoms with E-state index < -0.39 is 17.6 Å². The van der Waals surface area contributed by atoms with Crippen LogP contribution < -0.4 is 10.6 Å². The molecule has 134 valence electrons. The summed E-state index contributed by atoms with van der Waals surface area (Å²) in [7, 11) is 0. The number of nitrogens with one attached hydrogen (secondary N) is 2. The summed E-state index contributed by atoms with van der Waals surface area (Å²) in [6.07, 6.45) is 0. The second kappa shape index (κ2) is 7.85. The van der Waals surface area contributed by atoms with Crippen LogP contribution in [0.5, 0.6) is 0 Å². The second-order valence-corrected chi connectivity index (χ2v) is 6.18. The van der Waals surface area contributed by atoms with Crippen molar-refractivity contribution in [3.63, 3.8) is 0 Å². The molecule has 0 bridgehead atoms. The van der Waals surface area contributed by atoms with E-state index in [1.54, 1.807) is 30.3 Å². The maximum absolute atomic E-state index is 13.4. The largest absolute Gasteiger partial charge is 0.444 e. The summed E-state index contributed by atoms with van der Waals surface area (Å²) in [6, 6.07) is 14.8. The van der Waals surface area contributed by atoms with Crippen molar-refractivity contribution >= 4 is 39.1 Å². The van der Waals surface area contributed by atoms with Crippen LogP contribution >= 0.6 is 15.9 Å². The van der Waals surface area contributed by atoms with Crippen LogP contribution in [0.4, 0.5) is 15.8 Å². The van der Waals surface area contributed by atoms with E-state index in [1.165, 1.54) is 24.3 Å². The minimum atomic E-state index is -0.662.